The molecule has 0 aromatic heterocycles. The molecule has 1 aliphatic heterocycles. The molecule has 1 fully saturated rings. The molecule has 2 N–H and O–H groups in total. The Morgan fingerprint density at radius 1 is 1.16 bits per heavy atom. The van der Waals surface area contributed by atoms with Gasteiger partial charge in [0.25, 0.3) is 0 Å². The summed E-state index contributed by atoms with van der Waals surface area (Å²) in [6.07, 6.45) is -3.41. The van der Waals surface area contributed by atoms with E-state index in [9.17, 15) is 18.0 Å². The van der Waals surface area contributed by atoms with Crippen LogP contribution < -0.4 is 10.6 Å². The molecule has 0 aliphatic carbocycles. The third-order valence-corrected chi connectivity index (χ3v) is 4.36. The van der Waals surface area contributed by atoms with Gasteiger partial charge in [-0.3, -0.25) is 0 Å². The zero-order valence-electron chi connectivity index (χ0n) is 14.8. The maximum atomic E-state index is 12.8. The van der Waals surface area contributed by atoms with Gasteiger partial charge in [-0.05, 0) is 64.4 Å². The fraction of sp³-hybridized carbons (Fsp3) is 0.611. The minimum atomic E-state index is -4.35. The van der Waals surface area contributed by atoms with Crippen LogP contribution in [-0.2, 0) is 16.3 Å². The Labute approximate surface area is 146 Å². The molecule has 4 nitrogen and oxygen atoms in total. The summed E-state index contributed by atoms with van der Waals surface area (Å²) in [5.74, 6) is 0. The van der Waals surface area contributed by atoms with Crippen molar-refractivity contribution < 1.29 is 22.7 Å². The van der Waals surface area contributed by atoms with Crippen LogP contribution in [0.25, 0.3) is 0 Å². The second kappa shape index (κ2) is 7.23. The lowest BCUT2D eigenvalue weighted by molar-refractivity contribution is -0.137. The van der Waals surface area contributed by atoms with Gasteiger partial charge in [-0.2, -0.15) is 13.2 Å². The standard InChI is InChI=1S/C18H25F3N2O2/c1-16(2,3)25-15(24)23-12-17(8-10-22-11-9-17)13-4-6-14(7-5-13)18(19,20)21/h4-7,22H,8-12H2,1-3H3,(H,23,24). The highest BCUT2D eigenvalue weighted by Crippen LogP contribution is 2.35. The number of hydrogen-bond acceptors (Lipinski definition) is 3. The first-order valence-electron chi connectivity index (χ1n) is 8.37. The topological polar surface area (TPSA) is 50.4 Å². The largest absolute Gasteiger partial charge is 0.444 e. The molecule has 0 unspecified atom stereocenters. The van der Waals surface area contributed by atoms with Crippen LogP contribution in [0.4, 0.5) is 18.0 Å². The van der Waals surface area contributed by atoms with E-state index < -0.39 is 28.8 Å². The molecule has 0 saturated carbocycles. The SMILES string of the molecule is CC(C)(C)OC(=O)NCC1(c2ccc(C(F)(F)F)cc2)CCNCC1. The lowest BCUT2D eigenvalue weighted by atomic mass is 9.73. The maximum Gasteiger partial charge on any atom is 0.416 e. The predicted molar refractivity (Wildman–Crippen MR) is 89.5 cm³/mol. The number of nitrogens with one attached hydrogen (secondary N) is 2. The highest BCUT2D eigenvalue weighted by atomic mass is 19.4. The second-order valence-corrected chi connectivity index (χ2v) is 7.46. The minimum Gasteiger partial charge on any atom is -0.444 e. The van der Waals surface area contributed by atoms with Crippen LogP contribution in [0.5, 0.6) is 0 Å². The average Bonchev–Trinajstić information content (AvgIpc) is 2.52. The Hall–Kier alpha value is -1.76. The van der Waals surface area contributed by atoms with Gasteiger partial charge in [0.05, 0.1) is 5.56 Å². The summed E-state index contributed by atoms with van der Waals surface area (Å²) >= 11 is 0. The van der Waals surface area contributed by atoms with Gasteiger partial charge in [0.2, 0.25) is 0 Å². The van der Waals surface area contributed by atoms with Crippen LogP contribution in [0.3, 0.4) is 0 Å². The number of ether oxygens (including phenoxy) is 1. The van der Waals surface area contributed by atoms with E-state index in [0.29, 0.717) is 6.54 Å². The summed E-state index contributed by atoms with van der Waals surface area (Å²) in [7, 11) is 0. The van der Waals surface area contributed by atoms with Gasteiger partial charge in [-0.1, -0.05) is 12.1 Å². The molecule has 0 bridgehead atoms. The number of amides is 1. The zero-order chi connectivity index (χ0) is 18.7. The molecule has 1 aromatic rings. The van der Waals surface area contributed by atoms with Crippen LogP contribution in [-0.4, -0.2) is 31.3 Å². The van der Waals surface area contributed by atoms with Crippen LogP contribution >= 0.6 is 0 Å². The van der Waals surface area contributed by atoms with Gasteiger partial charge in [0, 0.05) is 12.0 Å². The second-order valence-electron chi connectivity index (χ2n) is 7.46. The number of piperidine rings is 1. The molecule has 0 atom stereocenters. The average molecular weight is 358 g/mol. The number of alkyl carbamates (subject to hydrolysis) is 1. The zero-order valence-corrected chi connectivity index (χ0v) is 14.8. The molecule has 1 aliphatic rings. The van der Waals surface area contributed by atoms with Gasteiger partial charge in [-0.15, -0.1) is 0 Å². The minimum absolute atomic E-state index is 0.328. The summed E-state index contributed by atoms with van der Waals surface area (Å²) < 4.78 is 43.6. The van der Waals surface area contributed by atoms with Crippen molar-refractivity contribution in [1.29, 1.82) is 0 Å². The fourth-order valence-electron chi connectivity index (χ4n) is 3.04. The van der Waals surface area contributed by atoms with Crippen molar-refractivity contribution in [1.82, 2.24) is 10.6 Å². The third-order valence-electron chi connectivity index (χ3n) is 4.36. The molecule has 0 radical (unpaired) electrons. The summed E-state index contributed by atoms with van der Waals surface area (Å²) in [6, 6.07) is 5.25. The quantitative estimate of drug-likeness (QED) is 0.863. The van der Waals surface area contributed by atoms with Crippen molar-refractivity contribution in [3.05, 3.63) is 35.4 Å². The number of carbonyl (C=O) groups excluding carboxylic acids is 1. The van der Waals surface area contributed by atoms with Crippen LogP contribution in [0.2, 0.25) is 0 Å². The highest BCUT2D eigenvalue weighted by molar-refractivity contribution is 5.67. The van der Waals surface area contributed by atoms with Gasteiger partial charge < -0.3 is 15.4 Å². The van der Waals surface area contributed by atoms with E-state index >= 15 is 0 Å². The monoisotopic (exact) mass is 358 g/mol. The van der Waals surface area contributed by atoms with Gasteiger partial charge in [0.1, 0.15) is 5.60 Å². The Kier molecular flexibility index (Phi) is 5.66. The van der Waals surface area contributed by atoms with Crippen molar-refractivity contribution in [2.45, 2.75) is 50.8 Å². The summed E-state index contributed by atoms with van der Waals surface area (Å²) in [6.45, 7) is 7.16. The Bertz CT molecular complexity index is 586. The van der Waals surface area contributed by atoms with Crippen LogP contribution in [0.15, 0.2) is 24.3 Å². The number of rotatable bonds is 3. The third kappa shape index (κ3) is 5.36. The molecule has 1 aromatic carbocycles. The number of hydrogen-bond donors (Lipinski definition) is 2. The molecular formula is C18H25F3N2O2. The van der Waals surface area contributed by atoms with Crippen molar-refractivity contribution in [2.24, 2.45) is 0 Å². The maximum absolute atomic E-state index is 12.8. The van der Waals surface area contributed by atoms with Gasteiger partial charge in [0.15, 0.2) is 0 Å². The first-order chi connectivity index (χ1) is 11.5. The summed E-state index contributed by atoms with van der Waals surface area (Å²) in [4.78, 5) is 12.0. The predicted octanol–water partition coefficient (Wildman–Crippen LogP) is 3.85. The van der Waals surface area contributed by atoms with E-state index in [1.54, 1.807) is 20.8 Å². The number of halogens is 3. The summed E-state index contributed by atoms with van der Waals surface area (Å²) in [5, 5.41) is 6.03. The summed E-state index contributed by atoms with van der Waals surface area (Å²) in [5.41, 5.74) is -0.857. The molecule has 7 heteroatoms. The van der Waals surface area contributed by atoms with Crippen molar-refractivity contribution in [2.75, 3.05) is 19.6 Å². The van der Waals surface area contributed by atoms with E-state index in [2.05, 4.69) is 10.6 Å². The normalized spacial score (nSPS) is 17.8. The molecule has 2 rings (SSSR count). The molecule has 140 valence electrons. The van der Waals surface area contributed by atoms with Gasteiger partial charge in [-0.25, -0.2) is 4.79 Å². The van der Waals surface area contributed by atoms with Crippen LogP contribution in [0, 0.1) is 0 Å². The lowest BCUT2D eigenvalue weighted by Gasteiger charge is -2.38. The van der Waals surface area contributed by atoms with E-state index in [1.807, 2.05) is 0 Å². The lowest BCUT2D eigenvalue weighted by Crippen LogP contribution is -2.48. The van der Waals surface area contributed by atoms with E-state index in [1.165, 1.54) is 12.1 Å². The molecule has 0 spiro atoms. The van der Waals surface area contributed by atoms with E-state index in [-0.39, 0.29) is 0 Å². The smallest absolute Gasteiger partial charge is 0.416 e. The first kappa shape index (κ1) is 19.6. The van der Waals surface area contributed by atoms with Gasteiger partial charge >= 0.3 is 12.3 Å². The molecule has 1 saturated heterocycles. The number of alkyl halides is 3. The van der Waals surface area contributed by atoms with E-state index in [4.69, 9.17) is 4.74 Å². The fourth-order valence-corrected chi connectivity index (χ4v) is 3.04. The van der Waals surface area contributed by atoms with Crippen molar-refractivity contribution in [3.63, 3.8) is 0 Å². The van der Waals surface area contributed by atoms with Crippen LogP contribution in [0.1, 0.15) is 44.7 Å². The molecule has 1 heterocycles. The molecule has 1 amide bonds. The Morgan fingerprint density at radius 2 is 1.72 bits per heavy atom. The van der Waals surface area contributed by atoms with Crippen molar-refractivity contribution in [3.8, 4) is 0 Å². The first-order valence-corrected chi connectivity index (χ1v) is 8.37. The number of benzene rings is 1. The van der Waals surface area contributed by atoms with E-state index in [0.717, 1.165) is 43.6 Å². The highest BCUT2D eigenvalue weighted by Gasteiger charge is 2.36. The molecule has 25 heavy (non-hydrogen) atoms. The van der Waals surface area contributed by atoms with Crippen molar-refractivity contribution >= 4 is 6.09 Å². The molecular weight excluding hydrogens is 333 g/mol. The Morgan fingerprint density at radius 3 is 2.20 bits per heavy atom. The number of carbonyl (C=O) groups is 1. The Balaban J connectivity index is 2.16.